The highest BCUT2D eigenvalue weighted by Crippen LogP contribution is 2.07. The number of aromatic hydroxyl groups is 1. The number of aromatic nitrogens is 2. The molecular formula is C12H16B2F8N2O. The molecule has 25 heavy (non-hydrogen) atoms. The van der Waals surface area contributed by atoms with E-state index in [2.05, 4.69) is 0 Å². The topological polar surface area (TPSA) is 28.0 Å². The van der Waals surface area contributed by atoms with E-state index in [1.54, 1.807) is 29.9 Å². The molecule has 3 nitrogen and oxygen atoms in total. The molecule has 142 valence electrons. The molecule has 0 aliphatic heterocycles. The second-order valence-corrected chi connectivity index (χ2v) is 4.20. The lowest BCUT2D eigenvalue weighted by molar-refractivity contribution is -0.677. The molecule has 2 rings (SSSR count). The first-order valence-corrected chi connectivity index (χ1v) is 6.48. The summed E-state index contributed by atoms with van der Waals surface area (Å²) in [6.45, 7) is 0. The fraction of sp³-hybridized carbons (Fsp3) is 0.167. The van der Waals surface area contributed by atoms with Crippen molar-refractivity contribution in [2.45, 2.75) is 0 Å². The summed E-state index contributed by atoms with van der Waals surface area (Å²) >= 11 is 0. The summed E-state index contributed by atoms with van der Waals surface area (Å²) in [5.74, 6) is 0.285. The van der Waals surface area contributed by atoms with Crippen LogP contribution in [-0.2, 0) is 14.1 Å². The predicted octanol–water partition coefficient (Wildman–Crippen LogP) is 3.33. The zero-order valence-corrected chi connectivity index (χ0v) is 13.2. The number of rotatable bonds is 0. The van der Waals surface area contributed by atoms with Crippen LogP contribution in [0.2, 0.25) is 0 Å². The Morgan fingerprint density at radius 3 is 1.24 bits per heavy atom. The van der Waals surface area contributed by atoms with Crippen molar-refractivity contribution < 1.29 is 48.8 Å². The Hall–Kier alpha value is -2.33. The molecule has 0 amide bonds. The molecule has 0 aliphatic rings. The minimum absolute atomic E-state index is 0.285. The van der Waals surface area contributed by atoms with Gasteiger partial charge in [-0.15, -0.1) is 0 Å². The summed E-state index contributed by atoms with van der Waals surface area (Å²) in [6.07, 6.45) is 5.79. The van der Waals surface area contributed by atoms with Crippen molar-refractivity contribution in [3.63, 3.8) is 0 Å². The molecule has 2 aromatic heterocycles. The van der Waals surface area contributed by atoms with Crippen LogP contribution >= 0.6 is 0 Å². The van der Waals surface area contributed by atoms with Crippen LogP contribution in [0.1, 0.15) is 0 Å². The molecule has 0 saturated heterocycles. The fourth-order valence-corrected chi connectivity index (χ4v) is 0.999. The fourth-order valence-electron chi connectivity index (χ4n) is 0.999. The van der Waals surface area contributed by atoms with Crippen LogP contribution in [0.3, 0.4) is 0 Å². The first-order valence-electron chi connectivity index (χ1n) is 6.48. The van der Waals surface area contributed by atoms with E-state index in [4.69, 9.17) is 5.11 Å². The predicted molar refractivity (Wildman–Crippen MR) is 77.3 cm³/mol. The molecular weight excluding hydrogens is 362 g/mol. The monoisotopic (exact) mass is 378 g/mol. The number of halogens is 8. The summed E-state index contributed by atoms with van der Waals surface area (Å²) < 4.78 is 81.6. The maximum Gasteiger partial charge on any atom is 0.673 e. The highest BCUT2D eigenvalue weighted by atomic mass is 19.5. The molecule has 13 heteroatoms. The number of hydrogen-bond acceptors (Lipinski definition) is 1. The van der Waals surface area contributed by atoms with Gasteiger partial charge in [-0.25, -0.2) is 4.57 Å². The smallest absolute Gasteiger partial charge is 0.460 e. The lowest BCUT2D eigenvalue weighted by atomic mass is 10.3. The van der Waals surface area contributed by atoms with Gasteiger partial charge in [-0.3, -0.25) is 0 Å². The van der Waals surface area contributed by atoms with E-state index >= 15 is 0 Å². The average Bonchev–Trinajstić information content (AvgIpc) is 2.40. The van der Waals surface area contributed by atoms with Gasteiger partial charge < -0.3 is 39.6 Å². The van der Waals surface area contributed by atoms with Gasteiger partial charge in [0, 0.05) is 18.2 Å². The molecule has 0 atom stereocenters. The Balaban J connectivity index is 0. The third kappa shape index (κ3) is 30.2. The number of nitrogens with zero attached hydrogens (tertiary/aromatic N) is 2. The van der Waals surface area contributed by atoms with E-state index < -0.39 is 14.5 Å². The van der Waals surface area contributed by atoms with Crippen molar-refractivity contribution in [2.24, 2.45) is 14.1 Å². The van der Waals surface area contributed by atoms with E-state index in [9.17, 15) is 34.5 Å². The molecule has 0 spiro atoms. The summed E-state index contributed by atoms with van der Waals surface area (Å²) in [5.41, 5.74) is 0. The van der Waals surface area contributed by atoms with Gasteiger partial charge in [0.2, 0.25) is 0 Å². The standard InChI is InChI=1S/C6H7NO.C6H8N.2BF4/c1-7-5-3-2-4-6(7)8;1-7-5-3-2-4-6-7;2*2-1(3,4)5/h2-5H,1H3;2-6H,1H3;;/q;+1;2*-1/p+1. The van der Waals surface area contributed by atoms with Gasteiger partial charge in [0.1, 0.15) is 14.1 Å². The molecule has 2 heterocycles. The highest BCUT2D eigenvalue weighted by molar-refractivity contribution is 6.50. The number of hydrogen-bond donors (Lipinski definition) is 1. The maximum absolute atomic E-state index is 9.75. The molecule has 0 radical (unpaired) electrons. The molecule has 0 aliphatic carbocycles. The lowest BCUT2D eigenvalue weighted by Crippen LogP contribution is -2.26. The second kappa shape index (κ2) is 12.1. The van der Waals surface area contributed by atoms with Gasteiger partial charge in [0.15, 0.2) is 18.6 Å². The average molecular weight is 378 g/mol. The molecule has 2 aromatic rings. The normalized spacial score (nSPS) is 10.2. The maximum atomic E-state index is 9.75. The van der Waals surface area contributed by atoms with Crippen LogP contribution in [0.15, 0.2) is 55.0 Å². The van der Waals surface area contributed by atoms with Crippen molar-refractivity contribution in [3.05, 3.63) is 55.0 Å². The van der Waals surface area contributed by atoms with Crippen LogP contribution in [0.4, 0.5) is 34.5 Å². The van der Waals surface area contributed by atoms with Gasteiger partial charge in [0.05, 0.1) is 6.07 Å². The molecule has 0 unspecified atom stereocenters. The zero-order valence-electron chi connectivity index (χ0n) is 13.2. The summed E-state index contributed by atoms with van der Waals surface area (Å²) in [4.78, 5) is 0. The van der Waals surface area contributed by atoms with Crippen LogP contribution in [0.25, 0.3) is 0 Å². The Morgan fingerprint density at radius 2 is 1.04 bits per heavy atom. The number of aryl methyl sites for hydroxylation is 2. The van der Waals surface area contributed by atoms with Crippen molar-refractivity contribution in [1.29, 1.82) is 0 Å². The van der Waals surface area contributed by atoms with Crippen molar-refractivity contribution in [1.82, 2.24) is 0 Å². The molecule has 0 bridgehead atoms. The van der Waals surface area contributed by atoms with Crippen LogP contribution in [0.5, 0.6) is 5.88 Å². The Labute approximate surface area is 139 Å². The SMILES string of the molecule is C[n+]1ccccc1.C[n+]1ccccc1O.F[B-](F)(F)F.F[B-](F)(F)F. The zero-order chi connectivity index (χ0) is 20.1. The van der Waals surface area contributed by atoms with Gasteiger partial charge >= 0.3 is 20.4 Å². The third-order valence-electron chi connectivity index (χ3n) is 1.89. The van der Waals surface area contributed by atoms with Crippen molar-refractivity contribution in [3.8, 4) is 5.88 Å². The van der Waals surface area contributed by atoms with Crippen molar-refractivity contribution >= 4 is 14.5 Å². The molecule has 1 N–H and O–H groups in total. The molecule has 0 saturated carbocycles. The van der Waals surface area contributed by atoms with E-state index in [1.165, 1.54) is 0 Å². The van der Waals surface area contributed by atoms with Gasteiger partial charge in [-0.05, 0) is 6.07 Å². The van der Waals surface area contributed by atoms with E-state index in [0.717, 1.165) is 0 Å². The lowest BCUT2D eigenvalue weighted by Gasteiger charge is -1.94. The quantitative estimate of drug-likeness (QED) is 0.426. The van der Waals surface area contributed by atoms with E-state index in [-0.39, 0.29) is 5.88 Å². The molecule has 0 fully saturated rings. The highest BCUT2D eigenvalue weighted by Gasteiger charge is 2.21. The first-order chi connectivity index (χ1) is 11.2. The van der Waals surface area contributed by atoms with Gasteiger partial charge in [-0.2, -0.15) is 4.57 Å². The van der Waals surface area contributed by atoms with Crippen molar-refractivity contribution in [2.75, 3.05) is 0 Å². The third-order valence-corrected chi connectivity index (χ3v) is 1.89. The van der Waals surface area contributed by atoms with Crippen LogP contribution in [0, 0.1) is 0 Å². The summed E-state index contributed by atoms with van der Waals surface area (Å²) in [6, 6.07) is 11.3. The van der Waals surface area contributed by atoms with Crippen LogP contribution in [-0.4, -0.2) is 19.6 Å². The first kappa shape index (κ1) is 24.9. The van der Waals surface area contributed by atoms with Gasteiger partial charge in [-0.1, -0.05) is 6.07 Å². The Morgan fingerprint density at radius 1 is 0.680 bits per heavy atom. The Kier molecular flexibility index (Phi) is 12.1. The summed E-state index contributed by atoms with van der Waals surface area (Å²) in [7, 11) is -8.21. The Bertz CT molecular complexity index is 536. The molecule has 0 aromatic carbocycles. The van der Waals surface area contributed by atoms with Gasteiger partial charge in [0.25, 0.3) is 0 Å². The minimum Gasteiger partial charge on any atom is -0.460 e. The van der Waals surface area contributed by atoms with E-state index in [0.29, 0.717) is 0 Å². The number of pyridine rings is 2. The minimum atomic E-state index is -6.00. The summed E-state index contributed by atoms with van der Waals surface area (Å²) in [5, 5.41) is 8.88. The van der Waals surface area contributed by atoms with Crippen LogP contribution < -0.4 is 9.13 Å². The largest absolute Gasteiger partial charge is 0.673 e. The van der Waals surface area contributed by atoms with E-state index in [1.807, 2.05) is 48.3 Å². The second-order valence-electron chi connectivity index (χ2n) is 4.20.